The van der Waals surface area contributed by atoms with E-state index < -0.39 is 11.6 Å². The Balaban J connectivity index is 1.51. The Morgan fingerprint density at radius 2 is 1.69 bits per heavy atom. The van der Waals surface area contributed by atoms with Gasteiger partial charge in [-0.15, -0.1) is 0 Å². The standard InChI is InChI=1S/C23H23F2N7/c1-26-10-14-7-17(24)21(18(25)8-14)19-9-16-20(13-27-19)30-31-22(16)15-11-28-23(29-12-15)32-5-3-2-4-6-32/h7-9,11-13,26H,2-6,10H2,1H3,(H,30,31). The fraction of sp³-hybridized carbons (Fsp3) is 0.304. The Labute approximate surface area is 183 Å². The molecule has 4 heterocycles. The predicted octanol–water partition coefficient (Wildman–Crippen LogP) is 4.07. The van der Waals surface area contributed by atoms with Crippen molar-refractivity contribution >= 4 is 16.9 Å². The molecule has 5 rings (SSSR count). The second-order valence-corrected chi connectivity index (χ2v) is 7.97. The van der Waals surface area contributed by atoms with Crippen LogP contribution in [0.5, 0.6) is 0 Å². The van der Waals surface area contributed by atoms with Crippen molar-refractivity contribution in [1.29, 1.82) is 0 Å². The predicted molar refractivity (Wildman–Crippen MR) is 119 cm³/mol. The van der Waals surface area contributed by atoms with Crippen LogP contribution in [0, 0.1) is 11.6 Å². The molecule has 32 heavy (non-hydrogen) atoms. The minimum Gasteiger partial charge on any atom is -0.341 e. The zero-order chi connectivity index (χ0) is 22.1. The fourth-order valence-electron chi connectivity index (χ4n) is 4.15. The van der Waals surface area contributed by atoms with Crippen LogP contribution in [-0.4, -0.2) is 45.3 Å². The Morgan fingerprint density at radius 3 is 2.38 bits per heavy atom. The van der Waals surface area contributed by atoms with Gasteiger partial charge in [-0.25, -0.2) is 18.7 Å². The van der Waals surface area contributed by atoms with Gasteiger partial charge in [0.25, 0.3) is 0 Å². The first-order valence-corrected chi connectivity index (χ1v) is 10.7. The van der Waals surface area contributed by atoms with Gasteiger partial charge in [0.15, 0.2) is 0 Å². The van der Waals surface area contributed by atoms with Crippen molar-refractivity contribution in [3.05, 3.63) is 54.0 Å². The summed E-state index contributed by atoms with van der Waals surface area (Å²) in [5.41, 5.74) is 2.58. The number of piperidine rings is 1. The maximum Gasteiger partial charge on any atom is 0.225 e. The Kier molecular flexibility index (Phi) is 5.48. The zero-order valence-corrected chi connectivity index (χ0v) is 17.7. The highest BCUT2D eigenvalue weighted by Gasteiger charge is 2.18. The molecule has 1 fully saturated rings. The van der Waals surface area contributed by atoms with Gasteiger partial charge in [0.1, 0.15) is 17.3 Å². The average molecular weight is 435 g/mol. The molecule has 164 valence electrons. The zero-order valence-electron chi connectivity index (χ0n) is 17.7. The second-order valence-electron chi connectivity index (χ2n) is 7.97. The number of hydrogen-bond donors (Lipinski definition) is 2. The van der Waals surface area contributed by atoms with E-state index in [9.17, 15) is 8.78 Å². The molecule has 1 aromatic carbocycles. The summed E-state index contributed by atoms with van der Waals surface area (Å²) < 4.78 is 29.5. The molecule has 0 unspecified atom stereocenters. The van der Waals surface area contributed by atoms with Crippen LogP contribution in [0.15, 0.2) is 36.8 Å². The topological polar surface area (TPSA) is 82.6 Å². The molecular weight excluding hydrogens is 412 g/mol. The summed E-state index contributed by atoms with van der Waals surface area (Å²) in [6.07, 6.45) is 8.54. The third kappa shape index (κ3) is 3.80. The van der Waals surface area contributed by atoms with Gasteiger partial charge in [0.05, 0.1) is 23.0 Å². The number of nitrogens with zero attached hydrogens (tertiary/aromatic N) is 5. The normalized spacial score (nSPS) is 14.3. The van der Waals surface area contributed by atoms with Gasteiger partial charge in [-0.2, -0.15) is 5.10 Å². The lowest BCUT2D eigenvalue weighted by Crippen LogP contribution is -2.30. The Bertz CT molecular complexity index is 1220. The summed E-state index contributed by atoms with van der Waals surface area (Å²) in [6.45, 7) is 2.30. The number of fused-ring (bicyclic) bond motifs is 1. The van der Waals surface area contributed by atoms with Crippen molar-refractivity contribution in [1.82, 2.24) is 30.5 Å². The van der Waals surface area contributed by atoms with Crippen LogP contribution in [0.25, 0.3) is 33.4 Å². The molecule has 0 radical (unpaired) electrons. The number of aromatic amines is 1. The smallest absolute Gasteiger partial charge is 0.225 e. The SMILES string of the molecule is CNCc1cc(F)c(-c2cc3c(-c4cnc(N5CCCCC5)nc4)n[nH]c3cn2)c(F)c1. The molecule has 1 saturated heterocycles. The van der Waals surface area contributed by atoms with E-state index in [1.165, 1.54) is 24.8 Å². The van der Waals surface area contributed by atoms with Crippen LogP contribution < -0.4 is 10.2 Å². The minimum absolute atomic E-state index is 0.157. The average Bonchev–Trinajstić information content (AvgIpc) is 3.23. The number of rotatable bonds is 5. The Hall–Kier alpha value is -3.46. The molecule has 1 aliphatic rings. The molecule has 7 nitrogen and oxygen atoms in total. The van der Waals surface area contributed by atoms with E-state index in [4.69, 9.17) is 0 Å². The number of nitrogens with one attached hydrogen (secondary N) is 2. The van der Waals surface area contributed by atoms with Gasteiger partial charge in [0, 0.05) is 43.0 Å². The van der Waals surface area contributed by atoms with E-state index in [0.29, 0.717) is 34.7 Å². The highest BCUT2D eigenvalue weighted by atomic mass is 19.1. The van der Waals surface area contributed by atoms with Crippen molar-refractivity contribution in [2.24, 2.45) is 0 Å². The number of hydrogen-bond acceptors (Lipinski definition) is 6. The van der Waals surface area contributed by atoms with Gasteiger partial charge in [-0.3, -0.25) is 10.1 Å². The molecular formula is C23H23F2N7. The van der Waals surface area contributed by atoms with Gasteiger partial charge in [0.2, 0.25) is 5.95 Å². The van der Waals surface area contributed by atoms with Crippen molar-refractivity contribution in [2.75, 3.05) is 25.0 Å². The largest absolute Gasteiger partial charge is 0.341 e. The number of H-pyrrole nitrogens is 1. The van der Waals surface area contributed by atoms with Gasteiger partial charge >= 0.3 is 0 Å². The minimum atomic E-state index is -0.652. The molecule has 0 saturated carbocycles. The molecule has 2 N–H and O–H groups in total. The van der Waals surface area contributed by atoms with E-state index in [1.54, 1.807) is 25.5 Å². The van der Waals surface area contributed by atoms with E-state index in [1.807, 2.05) is 0 Å². The number of halogens is 2. The third-order valence-corrected chi connectivity index (χ3v) is 5.74. The molecule has 9 heteroatoms. The number of aromatic nitrogens is 5. The number of benzene rings is 1. The second kappa shape index (κ2) is 8.58. The molecule has 0 bridgehead atoms. The fourth-order valence-corrected chi connectivity index (χ4v) is 4.15. The van der Waals surface area contributed by atoms with Crippen molar-refractivity contribution in [3.63, 3.8) is 0 Å². The summed E-state index contributed by atoms with van der Waals surface area (Å²) in [5.74, 6) is -0.593. The van der Waals surface area contributed by atoms with Crippen LogP contribution in [0.2, 0.25) is 0 Å². The highest BCUT2D eigenvalue weighted by molar-refractivity contribution is 5.94. The molecule has 1 aliphatic heterocycles. The van der Waals surface area contributed by atoms with E-state index in [0.717, 1.165) is 31.5 Å². The van der Waals surface area contributed by atoms with E-state index >= 15 is 0 Å². The van der Waals surface area contributed by atoms with E-state index in [2.05, 4.69) is 35.4 Å². The van der Waals surface area contributed by atoms with Crippen LogP contribution >= 0.6 is 0 Å². The maximum atomic E-state index is 14.7. The summed E-state index contributed by atoms with van der Waals surface area (Å²) in [6, 6.07) is 4.29. The van der Waals surface area contributed by atoms with E-state index in [-0.39, 0.29) is 11.3 Å². The number of pyridine rings is 1. The summed E-state index contributed by atoms with van der Waals surface area (Å²) in [7, 11) is 1.72. The third-order valence-electron chi connectivity index (χ3n) is 5.74. The van der Waals surface area contributed by atoms with Crippen molar-refractivity contribution in [2.45, 2.75) is 25.8 Å². The molecule has 0 amide bonds. The summed E-state index contributed by atoms with van der Waals surface area (Å²) in [5, 5.41) is 10.9. The summed E-state index contributed by atoms with van der Waals surface area (Å²) >= 11 is 0. The molecule has 0 aliphatic carbocycles. The molecule has 4 aromatic rings. The summed E-state index contributed by atoms with van der Waals surface area (Å²) in [4.78, 5) is 15.5. The van der Waals surface area contributed by atoms with Gasteiger partial charge in [-0.1, -0.05) is 0 Å². The van der Waals surface area contributed by atoms with Gasteiger partial charge in [-0.05, 0) is 50.1 Å². The van der Waals surface area contributed by atoms with Crippen LogP contribution in [0.1, 0.15) is 24.8 Å². The Morgan fingerprint density at radius 1 is 0.969 bits per heavy atom. The van der Waals surface area contributed by atoms with Crippen molar-refractivity contribution in [3.8, 4) is 22.5 Å². The highest BCUT2D eigenvalue weighted by Crippen LogP contribution is 2.31. The first kappa shape index (κ1) is 20.4. The lowest BCUT2D eigenvalue weighted by atomic mass is 10.0. The molecule has 0 atom stereocenters. The lowest BCUT2D eigenvalue weighted by Gasteiger charge is -2.26. The maximum absolute atomic E-state index is 14.7. The lowest BCUT2D eigenvalue weighted by molar-refractivity contribution is 0.568. The van der Waals surface area contributed by atoms with Gasteiger partial charge < -0.3 is 10.2 Å². The first-order valence-electron chi connectivity index (χ1n) is 10.7. The monoisotopic (exact) mass is 435 g/mol. The van der Waals surface area contributed by atoms with Crippen molar-refractivity contribution < 1.29 is 8.78 Å². The molecule has 0 spiro atoms. The van der Waals surface area contributed by atoms with Crippen LogP contribution in [-0.2, 0) is 6.54 Å². The van der Waals surface area contributed by atoms with Crippen LogP contribution in [0.3, 0.4) is 0 Å². The number of anilines is 1. The first-order chi connectivity index (χ1) is 15.6. The van der Waals surface area contributed by atoms with Crippen LogP contribution in [0.4, 0.5) is 14.7 Å². The quantitative estimate of drug-likeness (QED) is 0.492. The molecule has 3 aromatic heterocycles.